The zero-order chi connectivity index (χ0) is 13.7. The number of aromatic nitrogens is 3. The number of nitrogens with zero attached hydrogens (tertiary/aromatic N) is 3. The Hall–Kier alpha value is -2.02. The van der Waals surface area contributed by atoms with Crippen molar-refractivity contribution in [2.24, 2.45) is 0 Å². The van der Waals surface area contributed by atoms with E-state index in [1.807, 2.05) is 37.4 Å². The predicted octanol–water partition coefficient (Wildman–Crippen LogP) is 2.37. The predicted molar refractivity (Wildman–Crippen MR) is 73.7 cm³/mol. The van der Waals surface area contributed by atoms with E-state index in [2.05, 4.69) is 15.0 Å². The number of rotatable bonds is 5. The summed E-state index contributed by atoms with van der Waals surface area (Å²) in [5.41, 5.74) is 5.56. The molecule has 7 heteroatoms. The van der Waals surface area contributed by atoms with Gasteiger partial charge in [-0.1, -0.05) is 0 Å². The molecule has 2 rings (SSSR count). The summed E-state index contributed by atoms with van der Waals surface area (Å²) in [6, 6.07) is 7.86. The Morgan fingerprint density at radius 3 is 2.42 bits per heavy atom. The second-order valence-corrected chi connectivity index (χ2v) is 4.35. The van der Waals surface area contributed by atoms with Crippen molar-refractivity contribution in [3.63, 3.8) is 0 Å². The Morgan fingerprint density at radius 2 is 1.79 bits per heavy atom. The van der Waals surface area contributed by atoms with E-state index < -0.39 is 0 Å². The Bertz CT molecular complexity index is 548. The van der Waals surface area contributed by atoms with Crippen molar-refractivity contribution in [1.29, 1.82) is 0 Å². The molecule has 1 aromatic heterocycles. The van der Waals surface area contributed by atoms with E-state index in [9.17, 15) is 0 Å². The van der Waals surface area contributed by atoms with Gasteiger partial charge in [-0.05, 0) is 37.4 Å². The monoisotopic (exact) mass is 278 g/mol. The van der Waals surface area contributed by atoms with Gasteiger partial charge in [-0.3, -0.25) is 0 Å². The van der Waals surface area contributed by atoms with Gasteiger partial charge in [-0.25, -0.2) is 0 Å². The van der Waals surface area contributed by atoms with Crippen LogP contribution in [0, 0.1) is 0 Å². The second kappa shape index (κ2) is 6.24. The molecular formula is C12H14N4O2S. The first-order valence-corrected chi connectivity index (χ1v) is 6.90. The number of benzene rings is 1. The molecule has 0 aliphatic heterocycles. The first-order chi connectivity index (χ1) is 9.21. The van der Waals surface area contributed by atoms with E-state index in [4.69, 9.17) is 15.2 Å². The lowest BCUT2D eigenvalue weighted by Crippen LogP contribution is -2.04. The van der Waals surface area contributed by atoms with Crippen LogP contribution in [0.3, 0.4) is 0 Å². The third kappa shape index (κ3) is 3.72. The van der Waals surface area contributed by atoms with Crippen LogP contribution in [-0.4, -0.2) is 27.8 Å². The van der Waals surface area contributed by atoms with Crippen LogP contribution < -0.4 is 15.2 Å². The summed E-state index contributed by atoms with van der Waals surface area (Å²) in [5.74, 6) is 0.694. The molecule has 0 radical (unpaired) electrons. The SMILES string of the molecule is CCOc1nc(N)nc(Oc2ccc(SC)cc2)n1. The summed E-state index contributed by atoms with van der Waals surface area (Å²) in [6.07, 6.45) is 2.01. The van der Waals surface area contributed by atoms with Crippen LogP contribution in [0.1, 0.15) is 6.92 Å². The van der Waals surface area contributed by atoms with Crippen molar-refractivity contribution >= 4 is 17.7 Å². The van der Waals surface area contributed by atoms with Gasteiger partial charge in [0.15, 0.2) is 0 Å². The van der Waals surface area contributed by atoms with Gasteiger partial charge in [0.05, 0.1) is 6.61 Å². The molecule has 100 valence electrons. The third-order valence-electron chi connectivity index (χ3n) is 2.15. The van der Waals surface area contributed by atoms with Crippen LogP contribution in [0.25, 0.3) is 0 Å². The Morgan fingerprint density at radius 1 is 1.11 bits per heavy atom. The van der Waals surface area contributed by atoms with Gasteiger partial charge in [0.2, 0.25) is 5.95 Å². The number of nitrogen functional groups attached to an aromatic ring is 1. The van der Waals surface area contributed by atoms with E-state index in [0.717, 1.165) is 4.90 Å². The zero-order valence-electron chi connectivity index (χ0n) is 10.7. The molecule has 0 bridgehead atoms. The summed E-state index contributed by atoms with van der Waals surface area (Å²) in [6.45, 7) is 2.28. The normalized spacial score (nSPS) is 10.2. The molecule has 0 aliphatic rings. The minimum atomic E-state index is 0.0641. The van der Waals surface area contributed by atoms with Gasteiger partial charge >= 0.3 is 12.0 Å². The topological polar surface area (TPSA) is 83.2 Å². The molecule has 19 heavy (non-hydrogen) atoms. The molecule has 1 aromatic carbocycles. The van der Waals surface area contributed by atoms with Gasteiger partial charge < -0.3 is 15.2 Å². The molecule has 0 spiro atoms. The van der Waals surface area contributed by atoms with Crippen molar-refractivity contribution in [3.8, 4) is 17.8 Å². The van der Waals surface area contributed by atoms with Crippen LogP contribution in [0.5, 0.6) is 17.8 Å². The fraction of sp³-hybridized carbons (Fsp3) is 0.250. The minimum Gasteiger partial charge on any atom is -0.464 e. The molecule has 0 atom stereocenters. The molecule has 0 saturated heterocycles. The molecular weight excluding hydrogens is 264 g/mol. The molecule has 0 amide bonds. The van der Waals surface area contributed by atoms with E-state index >= 15 is 0 Å². The number of nitrogens with two attached hydrogens (primary N) is 1. The highest BCUT2D eigenvalue weighted by molar-refractivity contribution is 7.98. The van der Waals surface area contributed by atoms with E-state index in [1.165, 1.54) is 0 Å². The third-order valence-corrected chi connectivity index (χ3v) is 2.90. The highest BCUT2D eigenvalue weighted by atomic mass is 32.2. The van der Waals surface area contributed by atoms with Gasteiger partial charge in [0.1, 0.15) is 5.75 Å². The fourth-order valence-corrected chi connectivity index (χ4v) is 1.75. The summed E-state index contributed by atoms with van der Waals surface area (Å²) < 4.78 is 10.7. The quantitative estimate of drug-likeness (QED) is 0.840. The van der Waals surface area contributed by atoms with Gasteiger partial charge in [-0.2, -0.15) is 9.97 Å². The number of hydrogen-bond donors (Lipinski definition) is 1. The number of hydrogen-bond acceptors (Lipinski definition) is 7. The molecule has 0 unspecified atom stereocenters. The molecule has 0 aliphatic carbocycles. The Kier molecular flexibility index (Phi) is 4.40. The summed E-state index contributed by atoms with van der Waals surface area (Å²) >= 11 is 1.66. The smallest absolute Gasteiger partial charge is 0.330 e. The number of ether oxygens (including phenoxy) is 2. The molecule has 0 fully saturated rings. The second-order valence-electron chi connectivity index (χ2n) is 3.47. The van der Waals surface area contributed by atoms with Crippen molar-refractivity contribution in [1.82, 2.24) is 15.0 Å². The van der Waals surface area contributed by atoms with E-state index in [0.29, 0.717) is 12.4 Å². The average Bonchev–Trinajstić information content (AvgIpc) is 2.39. The fourth-order valence-electron chi connectivity index (χ4n) is 1.34. The number of thioether (sulfide) groups is 1. The van der Waals surface area contributed by atoms with Crippen molar-refractivity contribution in [2.75, 3.05) is 18.6 Å². The van der Waals surface area contributed by atoms with Crippen LogP contribution in [0.15, 0.2) is 29.2 Å². The van der Waals surface area contributed by atoms with Crippen molar-refractivity contribution in [3.05, 3.63) is 24.3 Å². The highest BCUT2D eigenvalue weighted by Gasteiger charge is 2.07. The first-order valence-electron chi connectivity index (χ1n) is 5.67. The first kappa shape index (κ1) is 13.4. The minimum absolute atomic E-state index is 0.0641. The molecule has 6 nitrogen and oxygen atoms in total. The molecule has 2 aromatic rings. The van der Waals surface area contributed by atoms with Crippen LogP contribution >= 0.6 is 11.8 Å². The lowest BCUT2D eigenvalue weighted by molar-refractivity contribution is 0.304. The maximum Gasteiger partial charge on any atom is 0.330 e. The maximum atomic E-state index is 5.56. The van der Waals surface area contributed by atoms with Gasteiger partial charge in [0, 0.05) is 4.90 Å². The van der Waals surface area contributed by atoms with E-state index in [1.54, 1.807) is 11.8 Å². The Balaban J connectivity index is 2.17. The van der Waals surface area contributed by atoms with E-state index in [-0.39, 0.29) is 18.0 Å². The Labute approximate surface area is 115 Å². The molecule has 2 N–H and O–H groups in total. The zero-order valence-corrected chi connectivity index (χ0v) is 11.5. The number of anilines is 1. The van der Waals surface area contributed by atoms with Crippen LogP contribution in [0.4, 0.5) is 5.95 Å². The van der Waals surface area contributed by atoms with Gasteiger partial charge in [-0.15, -0.1) is 16.7 Å². The summed E-state index contributed by atoms with van der Waals surface area (Å²) in [5, 5.41) is 0. The summed E-state index contributed by atoms with van der Waals surface area (Å²) in [4.78, 5) is 12.9. The van der Waals surface area contributed by atoms with Crippen LogP contribution in [0.2, 0.25) is 0 Å². The summed E-state index contributed by atoms with van der Waals surface area (Å²) in [7, 11) is 0. The standard InChI is InChI=1S/C12H14N4O2S/c1-3-17-11-14-10(13)15-12(16-11)18-8-4-6-9(19-2)7-5-8/h4-7H,3H2,1-2H3,(H2,13,14,15,16). The molecule has 0 saturated carbocycles. The van der Waals surface area contributed by atoms with Crippen molar-refractivity contribution in [2.45, 2.75) is 11.8 Å². The van der Waals surface area contributed by atoms with Crippen LogP contribution in [-0.2, 0) is 0 Å². The largest absolute Gasteiger partial charge is 0.464 e. The lowest BCUT2D eigenvalue weighted by atomic mass is 10.3. The van der Waals surface area contributed by atoms with Gasteiger partial charge in [0.25, 0.3) is 0 Å². The maximum absolute atomic E-state index is 5.56. The highest BCUT2D eigenvalue weighted by Crippen LogP contribution is 2.23. The average molecular weight is 278 g/mol. The lowest BCUT2D eigenvalue weighted by Gasteiger charge is -2.06. The van der Waals surface area contributed by atoms with Crippen molar-refractivity contribution < 1.29 is 9.47 Å². The molecule has 1 heterocycles.